The summed E-state index contributed by atoms with van der Waals surface area (Å²) in [5.41, 5.74) is 12.0. The molecule has 2 aliphatic carbocycles. The van der Waals surface area contributed by atoms with Gasteiger partial charge >= 0.3 is 12.4 Å². The summed E-state index contributed by atoms with van der Waals surface area (Å²) in [5, 5.41) is 64.1. The normalized spacial score (nSPS) is 13.7. The first kappa shape index (κ1) is 91.3. The quantitative estimate of drug-likeness (QED) is 0.0386. The molecule has 0 spiro atoms. The van der Waals surface area contributed by atoms with E-state index in [-0.39, 0.29) is 46.5 Å². The number of hydrogen-bond acceptors (Lipinski definition) is 25. The van der Waals surface area contributed by atoms with Crippen LogP contribution in [-0.4, -0.2) is 145 Å². The van der Waals surface area contributed by atoms with Crippen molar-refractivity contribution in [3.05, 3.63) is 249 Å². The molecule has 0 radical (unpaired) electrons. The van der Waals surface area contributed by atoms with Crippen LogP contribution in [0.15, 0.2) is 163 Å². The second-order valence-electron chi connectivity index (χ2n) is 31.4. The van der Waals surface area contributed by atoms with Gasteiger partial charge in [0.25, 0.3) is 23.6 Å². The Kier molecular flexibility index (Phi) is 28.5. The number of alkyl halides is 6. The molecule has 129 heavy (non-hydrogen) atoms. The van der Waals surface area contributed by atoms with Crippen molar-refractivity contribution in [1.29, 1.82) is 21.0 Å². The van der Waals surface area contributed by atoms with Crippen LogP contribution in [0.5, 0.6) is 0 Å². The molecule has 36 heteroatoms. The van der Waals surface area contributed by atoms with E-state index in [0.717, 1.165) is 132 Å². The Balaban J connectivity index is 0.000000147. The first-order valence-electron chi connectivity index (χ1n) is 40.9. The lowest BCUT2D eigenvalue weighted by molar-refractivity contribution is -0.138. The molecule has 6 N–H and O–H groups in total. The topological polar surface area (TPSA) is 408 Å². The largest absolute Gasteiger partial charge is 0.417 e. The van der Waals surface area contributed by atoms with Gasteiger partial charge in [-0.3, -0.25) is 43.8 Å². The Morgan fingerprint density at radius 3 is 1.35 bits per heavy atom. The van der Waals surface area contributed by atoms with Gasteiger partial charge in [0.2, 0.25) is 0 Å². The third-order valence-corrected chi connectivity index (χ3v) is 21.4. The molecule has 4 fully saturated rings. The highest BCUT2D eigenvalue weighted by Crippen LogP contribution is 2.42. The van der Waals surface area contributed by atoms with E-state index in [1.807, 2.05) is 90.3 Å². The highest BCUT2D eigenvalue weighted by atomic mass is 19.4. The Morgan fingerprint density at radius 2 is 0.884 bits per heavy atom. The third-order valence-electron chi connectivity index (χ3n) is 21.4. The van der Waals surface area contributed by atoms with E-state index in [1.165, 1.54) is 6.20 Å². The fourth-order valence-electron chi connectivity index (χ4n) is 14.1. The minimum Gasteiger partial charge on any atom is -0.381 e. The van der Waals surface area contributed by atoms with Crippen molar-refractivity contribution in [1.82, 2.24) is 54.8 Å². The van der Waals surface area contributed by atoms with E-state index in [4.69, 9.17) is 14.0 Å². The van der Waals surface area contributed by atoms with Gasteiger partial charge in [-0.05, 0) is 186 Å². The number of rotatable bonds is 20. The van der Waals surface area contributed by atoms with Crippen molar-refractivity contribution >= 4 is 69.6 Å². The summed E-state index contributed by atoms with van der Waals surface area (Å²) >= 11 is 0. The number of halogens is 6. The highest BCUT2D eigenvalue weighted by molar-refractivity contribution is 6.06. The maximum atomic E-state index is 13.0. The number of nitriles is 4. The average molecular weight is 1750 g/mol. The summed E-state index contributed by atoms with van der Waals surface area (Å²) in [6.45, 7) is 10.1. The van der Waals surface area contributed by atoms with Crippen molar-refractivity contribution in [2.75, 3.05) is 96.3 Å². The minimum absolute atomic E-state index is 0.167. The van der Waals surface area contributed by atoms with Crippen LogP contribution < -0.4 is 41.7 Å². The van der Waals surface area contributed by atoms with Crippen molar-refractivity contribution in [2.24, 2.45) is 7.05 Å². The van der Waals surface area contributed by atoms with Gasteiger partial charge < -0.3 is 55.7 Å². The molecule has 10 aromatic heterocycles. The molecule has 2 saturated heterocycles. The summed E-state index contributed by atoms with van der Waals surface area (Å²) < 4.78 is 95.3. The van der Waals surface area contributed by atoms with Crippen LogP contribution in [0.2, 0.25) is 0 Å². The predicted octanol–water partition coefficient (Wildman–Crippen LogP) is 17.1. The molecule has 2 aliphatic heterocycles. The van der Waals surface area contributed by atoms with Crippen LogP contribution in [-0.2, 0) is 28.9 Å². The molecule has 12 aromatic rings. The Labute approximate surface area is 737 Å². The number of ether oxygens (including phenoxy) is 2. The van der Waals surface area contributed by atoms with E-state index in [2.05, 4.69) is 106 Å². The molecule has 0 unspecified atom stereocenters. The number of carbonyl (C=O) groups is 4. The van der Waals surface area contributed by atoms with Gasteiger partial charge in [-0.25, -0.2) is 19.9 Å². The molecule has 12 heterocycles. The molecule has 30 nitrogen and oxygen atoms in total. The first-order chi connectivity index (χ1) is 61.8. The second-order valence-corrected chi connectivity index (χ2v) is 31.4. The molecule has 4 amide bonds. The fourth-order valence-corrected chi connectivity index (χ4v) is 14.1. The van der Waals surface area contributed by atoms with Gasteiger partial charge in [0, 0.05) is 191 Å². The number of pyridine rings is 8. The smallest absolute Gasteiger partial charge is 0.381 e. The number of carbonyl (C=O) groups excluding carboxylic acids is 4. The van der Waals surface area contributed by atoms with Crippen LogP contribution in [0.3, 0.4) is 0 Å². The predicted molar refractivity (Wildman–Crippen MR) is 470 cm³/mol. The molecular formula is C93H87F6N23O7. The summed E-state index contributed by atoms with van der Waals surface area (Å²) in [6, 6.07) is 36.2. The van der Waals surface area contributed by atoms with Crippen LogP contribution in [0, 0.1) is 73.0 Å². The van der Waals surface area contributed by atoms with Crippen molar-refractivity contribution in [2.45, 2.75) is 115 Å². The number of anilines is 8. The summed E-state index contributed by atoms with van der Waals surface area (Å²) in [4.78, 5) is 87.6. The van der Waals surface area contributed by atoms with Crippen molar-refractivity contribution < 1.29 is 59.5 Å². The standard InChI is InChI=1S/C25H22F3N5O2.C24H21F3N6O2.C23H24N6O.C21H20N6O2/c1-15-2-3-21(33-24(34)18-9-19(14-30-12-18)25(26,27)28)10-22(15)17-8-16(11-29)23(31-13-17)32-20-4-6-35-7-5-20;1-14-20(16-8-15(11-28)22(31-12-16)32-18-3-6-35-7-4-18)10-19(13-30-14)33-23(34)21-9-17(2-5-29-21)24(25,26)27;1-14-5-8-18(26-23(30)21-11-20(15-6-7-15)27-29(21)4)10-19(14)17-9-16(12-24)22(25-13-17)28(2)3;1-12-17(15-6-14(9-22)20(24-10-15)27(2)3)7-16(11-23-12)25-21(28)18-8-19(29-26-18)13-4-5-13/h2-3,8-10,12-14,20H,4-7H2,1H3,(H,31,32)(H,33,34);2,5,8-10,12-13,18H,3-4,6-7H2,1H3,(H,31,32)(H,33,34);5,8-11,13,15H,6-7H2,1-4H3,(H,26,30);6-8,10-11,13H,4-5H2,1-3H3,(H,25,28). The summed E-state index contributed by atoms with van der Waals surface area (Å²) in [5.74, 6) is 1.80. The van der Waals surface area contributed by atoms with Gasteiger partial charge in [0.05, 0.1) is 68.4 Å². The number of benzene rings is 2. The van der Waals surface area contributed by atoms with E-state index < -0.39 is 35.3 Å². The monoisotopic (exact) mass is 1750 g/mol. The number of nitrogens with zero attached hydrogens (tertiary/aromatic N) is 17. The van der Waals surface area contributed by atoms with Crippen LogP contribution in [0.4, 0.5) is 72.4 Å². The number of nitrogens with one attached hydrogen (secondary N) is 6. The lowest BCUT2D eigenvalue weighted by Gasteiger charge is -2.24. The van der Waals surface area contributed by atoms with Gasteiger partial charge in [-0.15, -0.1) is 0 Å². The molecule has 2 aromatic carbocycles. The lowest BCUT2D eigenvalue weighted by atomic mass is 9.99. The maximum absolute atomic E-state index is 13.0. The molecular weight excluding hydrogens is 1670 g/mol. The Morgan fingerprint density at radius 1 is 0.442 bits per heavy atom. The lowest BCUT2D eigenvalue weighted by Crippen LogP contribution is -2.28. The maximum Gasteiger partial charge on any atom is 0.417 e. The fraction of sp³-hybridized carbons (Fsp3) is 0.290. The molecule has 0 atom stereocenters. The van der Waals surface area contributed by atoms with Gasteiger partial charge in [0.15, 0.2) is 5.69 Å². The number of hydrogen-bond donors (Lipinski definition) is 6. The zero-order valence-corrected chi connectivity index (χ0v) is 71.5. The van der Waals surface area contributed by atoms with E-state index in [0.29, 0.717) is 141 Å². The van der Waals surface area contributed by atoms with E-state index in [1.54, 1.807) is 103 Å². The first-order valence-corrected chi connectivity index (χ1v) is 40.9. The Bertz CT molecular complexity index is 6180. The van der Waals surface area contributed by atoms with Gasteiger partial charge in [-0.2, -0.15) is 52.5 Å². The number of aromatic nitrogens is 11. The van der Waals surface area contributed by atoms with Crippen molar-refractivity contribution in [3.63, 3.8) is 0 Å². The molecule has 4 aliphatic rings. The summed E-state index contributed by atoms with van der Waals surface area (Å²) in [6.07, 6.45) is 10.9. The number of aryl methyl sites for hydroxylation is 5. The minimum atomic E-state index is -4.60. The van der Waals surface area contributed by atoms with Crippen LogP contribution in [0.25, 0.3) is 44.5 Å². The van der Waals surface area contributed by atoms with Crippen LogP contribution in [0.1, 0.15) is 172 Å². The Hall–Kier alpha value is -15.4. The SMILES string of the molecule is Cc1ccc(NC(=O)c2cc(C3CC3)nn2C)cc1-c1cnc(N(C)C)c(C#N)c1.Cc1ccc(NC(=O)c2cncc(C(F)(F)F)c2)cc1-c1cnc(NC2CCOCC2)c(C#N)c1.Cc1ncc(NC(=O)c2cc(C(F)(F)F)ccn2)cc1-c1cnc(NC2CCOCC2)c(C#N)c1.Cc1ncc(NC(=O)c2cc(C3CC3)on2)cc1-c1cnc(N(C)C)c(C#N)c1. The summed E-state index contributed by atoms with van der Waals surface area (Å²) in [7, 11) is 9.19. The van der Waals surface area contributed by atoms with Gasteiger partial charge in [0.1, 0.15) is 64.7 Å². The highest BCUT2D eigenvalue weighted by Gasteiger charge is 2.35. The van der Waals surface area contributed by atoms with E-state index >= 15 is 0 Å². The van der Waals surface area contributed by atoms with Gasteiger partial charge in [-0.1, -0.05) is 17.3 Å². The molecule has 658 valence electrons. The van der Waals surface area contributed by atoms with E-state index in [9.17, 15) is 66.6 Å². The second kappa shape index (κ2) is 40.3. The average Bonchev–Trinajstić information content (AvgIpc) is 1.56. The van der Waals surface area contributed by atoms with Crippen molar-refractivity contribution in [3.8, 4) is 68.8 Å². The molecule has 16 rings (SSSR count). The third kappa shape index (κ3) is 23.2. The molecule has 2 saturated carbocycles. The number of amides is 4. The van der Waals surface area contributed by atoms with Crippen LogP contribution >= 0.6 is 0 Å². The zero-order chi connectivity index (χ0) is 92.0. The zero-order valence-electron chi connectivity index (χ0n) is 71.5. The molecule has 0 bridgehead atoms.